The van der Waals surface area contributed by atoms with E-state index in [0.717, 1.165) is 36.1 Å². The molecule has 6 nitrogen and oxygen atoms in total. The quantitative estimate of drug-likeness (QED) is 0.570. The number of amides is 1. The van der Waals surface area contributed by atoms with Crippen molar-refractivity contribution < 1.29 is 13.6 Å². The summed E-state index contributed by atoms with van der Waals surface area (Å²) in [5, 5.41) is 7.72. The van der Waals surface area contributed by atoms with E-state index in [4.69, 9.17) is 0 Å². The van der Waals surface area contributed by atoms with E-state index in [2.05, 4.69) is 15.4 Å². The zero-order chi connectivity index (χ0) is 22.2. The summed E-state index contributed by atoms with van der Waals surface area (Å²) >= 11 is 1.51. The van der Waals surface area contributed by atoms with Gasteiger partial charge < -0.3 is 10.2 Å². The first-order valence-electron chi connectivity index (χ1n) is 10.9. The average Bonchev–Trinajstić information content (AvgIpc) is 3.52. The molecule has 1 aliphatic carbocycles. The second-order valence-corrected chi connectivity index (χ2v) is 9.30. The van der Waals surface area contributed by atoms with Crippen molar-refractivity contribution in [3.05, 3.63) is 53.6 Å². The topological polar surface area (TPSA) is 62.5 Å². The highest BCUT2D eigenvalue weighted by molar-refractivity contribution is 7.98. The Balaban J connectivity index is 1.49. The number of carbonyl (C=O) groups excluding carboxylic acids is 1. The highest BCUT2D eigenvalue weighted by atomic mass is 32.2. The van der Waals surface area contributed by atoms with Crippen molar-refractivity contribution in [2.45, 2.75) is 55.3 Å². The lowest BCUT2D eigenvalue weighted by Gasteiger charge is -2.27. The number of thioether (sulfide) groups is 1. The molecule has 1 aliphatic heterocycles. The van der Waals surface area contributed by atoms with Crippen LogP contribution in [0.25, 0.3) is 5.65 Å². The Hall–Kier alpha value is -2.68. The van der Waals surface area contributed by atoms with Gasteiger partial charge in [-0.1, -0.05) is 12.8 Å². The molecule has 2 aliphatic rings. The third-order valence-corrected chi connectivity index (χ3v) is 7.18. The number of alkyl halides is 1. The largest absolute Gasteiger partial charge is 0.348 e. The van der Waals surface area contributed by atoms with Crippen LogP contribution in [-0.2, 0) is 0 Å². The molecule has 0 unspecified atom stereocenters. The summed E-state index contributed by atoms with van der Waals surface area (Å²) in [5.41, 5.74) is 1.66. The van der Waals surface area contributed by atoms with Crippen LogP contribution in [0.4, 0.5) is 14.6 Å². The molecule has 5 rings (SSSR count). The summed E-state index contributed by atoms with van der Waals surface area (Å²) in [6.45, 7) is 0.159. The molecular weight excluding hydrogens is 432 g/mol. The summed E-state index contributed by atoms with van der Waals surface area (Å²) in [4.78, 5) is 19.9. The van der Waals surface area contributed by atoms with Gasteiger partial charge >= 0.3 is 0 Å². The SMILES string of the molecule is CSc1ccc(F)cc1[C@H]1C[C@H](F)CN1c1ccc2ncc(C(=O)NC3CCCC3)n2n1. The van der Waals surface area contributed by atoms with Gasteiger partial charge in [0.2, 0.25) is 0 Å². The number of fused-ring (bicyclic) bond motifs is 1. The monoisotopic (exact) mass is 457 g/mol. The number of rotatable bonds is 5. The number of aromatic nitrogens is 3. The number of hydrogen-bond donors (Lipinski definition) is 1. The molecule has 1 amide bonds. The molecule has 32 heavy (non-hydrogen) atoms. The molecule has 2 fully saturated rings. The summed E-state index contributed by atoms with van der Waals surface area (Å²) in [5.74, 6) is -0.0129. The Morgan fingerprint density at radius 3 is 2.81 bits per heavy atom. The van der Waals surface area contributed by atoms with Crippen molar-refractivity contribution in [2.75, 3.05) is 17.7 Å². The molecule has 0 bridgehead atoms. The van der Waals surface area contributed by atoms with Gasteiger partial charge in [-0.05, 0) is 55.0 Å². The molecule has 168 valence electrons. The third-order valence-electron chi connectivity index (χ3n) is 6.37. The van der Waals surface area contributed by atoms with Gasteiger partial charge in [0.1, 0.15) is 17.8 Å². The number of hydrogen-bond acceptors (Lipinski definition) is 5. The molecule has 1 N–H and O–H groups in total. The molecule has 9 heteroatoms. The Morgan fingerprint density at radius 1 is 1.22 bits per heavy atom. The summed E-state index contributed by atoms with van der Waals surface area (Å²) in [7, 11) is 0. The Labute approximate surface area is 189 Å². The van der Waals surface area contributed by atoms with Crippen LogP contribution in [-0.4, -0.2) is 45.5 Å². The maximum Gasteiger partial charge on any atom is 0.271 e. The first-order chi connectivity index (χ1) is 15.5. The van der Waals surface area contributed by atoms with Gasteiger partial charge in [-0.25, -0.2) is 18.3 Å². The minimum absolute atomic E-state index is 0.159. The molecule has 3 heterocycles. The van der Waals surface area contributed by atoms with Crippen LogP contribution in [0.5, 0.6) is 0 Å². The van der Waals surface area contributed by atoms with E-state index < -0.39 is 6.17 Å². The second kappa shape index (κ2) is 8.69. The van der Waals surface area contributed by atoms with Gasteiger partial charge in [0.05, 0.1) is 18.8 Å². The first kappa shape index (κ1) is 21.2. The minimum Gasteiger partial charge on any atom is -0.348 e. The molecule has 1 saturated carbocycles. The molecular formula is C23H25F2N5OS. The van der Waals surface area contributed by atoms with Crippen molar-refractivity contribution >= 4 is 29.1 Å². The molecule has 2 aromatic heterocycles. The fourth-order valence-electron chi connectivity index (χ4n) is 4.80. The normalized spacial score (nSPS) is 21.5. The number of halogens is 2. The van der Waals surface area contributed by atoms with E-state index in [-0.39, 0.29) is 36.8 Å². The molecule has 1 aromatic carbocycles. The van der Waals surface area contributed by atoms with Crippen molar-refractivity contribution in [1.82, 2.24) is 19.9 Å². The number of imidazole rings is 1. The van der Waals surface area contributed by atoms with E-state index >= 15 is 0 Å². The number of carbonyl (C=O) groups is 1. The van der Waals surface area contributed by atoms with Crippen LogP contribution in [0.1, 0.15) is 54.2 Å². The smallest absolute Gasteiger partial charge is 0.271 e. The van der Waals surface area contributed by atoms with Gasteiger partial charge in [0, 0.05) is 17.4 Å². The number of benzene rings is 1. The Kier molecular flexibility index (Phi) is 5.75. The van der Waals surface area contributed by atoms with Gasteiger partial charge in [-0.3, -0.25) is 4.79 Å². The van der Waals surface area contributed by atoms with Crippen molar-refractivity contribution in [3.63, 3.8) is 0 Å². The first-order valence-corrected chi connectivity index (χ1v) is 12.2. The summed E-state index contributed by atoms with van der Waals surface area (Å²) < 4.78 is 30.1. The van der Waals surface area contributed by atoms with E-state index in [1.54, 1.807) is 18.2 Å². The summed E-state index contributed by atoms with van der Waals surface area (Å²) in [6.07, 6.45) is 6.87. The van der Waals surface area contributed by atoms with Crippen LogP contribution >= 0.6 is 11.8 Å². The van der Waals surface area contributed by atoms with Gasteiger partial charge in [-0.2, -0.15) is 0 Å². The van der Waals surface area contributed by atoms with Crippen molar-refractivity contribution in [2.24, 2.45) is 0 Å². The predicted molar refractivity (Wildman–Crippen MR) is 120 cm³/mol. The number of nitrogens with one attached hydrogen (secondary N) is 1. The van der Waals surface area contributed by atoms with Gasteiger partial charge in [0.25, 0.3) is 5.91 Å². The van der Waals surface area contributed by atoms with Crippen LogP contribution in [0.2, 0.25) is 0 Å². The summed E-state index contributed by atoms with van der Waals surface area (Å²) in [6, 6.07) is 8.04. The second-order valence-electron chi connectivity index (χ2n) is 8.45. The van der Waals surface area contributed by atoms with Crippen LogP contribution in [0.3, 0.4) is 0 Å². The molecule has 2 atom stereocenters. The molecule has 3 aromatic rings. The minimum atomic E-state index is -1.05. The van der Waals surface area contributed by atoms with Crippen LogP contribution in [0.15, 0.2) is 41.4 Å². The fraction of sp³-hybridized carbons (Fsp3) is 0.435. The van der Waals surface area contributed by atoms with E-state index in [1.165, 1.54) is 34.6 Å². The predicted octanol–water partition coefficient (Wildman–Crippen LogP) is 4.55. The maximum absolute atomic E-state index is 14.6. The van der Waals surface area contributed by atoms with Crippen LogP contribution in [0, 0.1) is 5.82 Å². The standard InChI is InChI=1S/C23H25F2N5OS/c1-32-20-7-6-14(24)10-17(20)18-11-15(25)13-29(18)22-9-8-21-26-12-19(30(21)28-22)23(31)27-16-4-2-3-5-16/h6-10,12,15-16,18H,2-5,11,13H2,1H3,(H,27,31)/t15-,18+/m0/s1. The van der Waals surface area contributed by atoms with E-state index in [9.17, 15) is 13.6 Å². The van der Waals surface area contributed by atoms with Crippen molar-refractivity contribution in [1.29, 1.82) is 0 Å². The fourth-order valence-corrected chi connectivity index (χ4v) is 5.43. The lowest BCUT2D eigenvalue weighted by Crippen LogP contribution is -2.33. The average molecular weight is 458 g/mol. The Bertz CT molecular complexity index is 1150. The third kappa shape index (κ3) is 3.94. The van der Waals surface area contributed by atoms with Gasteiger partial charge in [-0.15, -0.1) is 16.9 Å². The number of anilines is 1. The van der Waals surface area contributed by atoms with E-state index in [1.807, 2.05) is 11.2 Å². The van der Waals surface area contributed by atoms with E-state index in [0.29, 0.717) is 17.2 Å². The lowest BCUT2D eigenvalue weighted by atomic mass is 10.0. The lowest BCUT2D eigenvalue weighted by molar-refractivity contribution is 0.0930. The van der Waals surface area contributed by atoms with Crippen LogP contribution < -0.4 is 10.2 Å². The Morgan fingerprint density at radius 2 is 2.03 bits per heavy atom. The highest BCUT2D eigenvalue weighted by Gasteiger charge is 2.36. The highest BCUT2D eigenvalue weighted by Crippen LogP contribution is 2.40. The zero-order valence-electron chi connectivity index (χ0n) is 17.8. The molecule has 0 radical (unpaired) electrons. The number of nitrogens with zero attached hydrogens (tertiary/aromatic N) is 4. The maximum atomic E-state index is 14.6. The molecule has 0 spiro atoms. The zero-order valence-corrected chi connectivity index (χ0v) is 18.6. The van der Waals surface area contributed by atoms with Crippen molar-refractivity contribution in [3.8, 4) is 0 Å². The molecule has 1 saturated heterocycles. The van der Waals surface area contributed by atoms with Gasteiger partial charge in [0.15, 0.2) is 11.3 Å².